The van der Waals surface area contributed by atoms with Gasteiger partial charge in [-0.25, -0.2) is 15.0 Å². The molecule has 1 aliphatic heterocycles. The van der Waals surface area contributed by atoms with Crippen molar-refractivity contribution in [1.82, 2.24) is 19.7 Å². The van der Waals surface area contributed by atoms with Gasteiger partial charge in [0.1, 0.15) is 16.3 Å². The smallest absolute Gasteiger partial charge is 0.152 e. The number of hydrogen-bond acceptors (Lipinski definition) is 8. The maximum atomic E-state index is 13.2. The number of aliphatic hydroxyl groups excluding tert-OH is 1. The number of nitrogens with two attached hydrogens (primary N) is 1. The Kier molecular flexibility index (Phi) is 8.08. The number of aromatic nitrogens is 3. The second-order valence-electron chi connectivity index (χ2n) is 11.6. The van der Waals surface area contributed by atoms with Crippen LogP contribution in [-0.2, 0) is 37.2 Å². The number of fused-ring (bicyclic) bond motifs is 1. The first-order valence-electron chi connectivity index (χ1n) is 13.5. The van der Waals surface area contributed by atoms with Crippen molar-refractivity contribution in [2.75, 3.05) is 23.7 Å². The molecule has 1 fully saturated rings. The van der Waals surface area contributed by atoms with Gasteiger partial charge >= 0.3 is 0 Å². The van der Waals surface area contributed by atoms with Gasteiger partial charge in [0.15, 0.2) is 5.82 Å². The Morgan fingerprint density at radius 1 is 1.18 bits per heavy atom. The van der Waals surface area contributed by atoms with E-state index < -0.39 is 11.4 Å². The lowest BCUT2D eigenvalue weighted by atomic mass is 9.73. The Labute approximate surface area is 238 Å². The molecule has 2 aliphatic rings. The number of pyridine rings is 1. The molecular weight excluding hydrogens is 532 g/mol. The molecular formula is C29H37ClN6O2S. The van der Waals surface area contributed by atoms with E-state index in [0.717, 1.165) is 49.4 Å². The molecule has 0 saturated carbocycles. The Bertz CT molecular complexity index is 1330. The monoisotopic (exact) mass is 568 g/mol. The summed E-state index contributed by atoms with van der Waals surface area (Å²) in [7, 11) is 0. The number of anilines is 2. The van der Waals surface area contributed by atoms with Crippen LogP contribution in [0.1, 0.15) is 67.7 Å². The van der Waals surface area contributed by atoms with Crippen LogP contribution in [0.2, 0.25) is 5.02 Å². The highest BCUT2D eigenvalue weighted by Gasteiger charge is 2.50. The van der Waals surface area contributed by atoms with Crippen LogP contribution in [0.4, 0.5) is 11.6 Å². The Morgan fingerprint density at radius 2 is 1.92 bits per heavy atom. The van der Waals surface area contributed by atoms with Crippen LogP contribution in [0.3, 0.4) is 0 Å². The Morgan fingerprint density at radius 3 is 2.64 bits per heavy atom. The number of nitrogen functional groups attached to an aromatic ring is 1. The number of rotatable bonds is 7. The van der Waals surface area contributed by atoms with E-state index in [1.807, 2.05) is 26.8 Å². The van der Waals surface area contributed by atoms with Gasteiger partial charge in [0.25, 0.3) is 0 Å². The molecule has 3 heterocycles. The van der Waals surface area contributed by atoms with Crippen LogP contribution in [0.25, 0.3) is 0 Å². The molecule has 1 aliphatic carbocycles. The summed E-state index contributed by atoms with van der Waals surface area (Å²) in [6.07, 6.45) is 7.55. The van der Waals surface area contributed by atoms with Crippen LogP contribution < -0.4 is 15.4 Å². The van der Waals surface area contributed by atoms with E-state index in [-0.39, 0.29) is 22.8 Å². The summed E-state index contributed by atoms with van der Waals surface area (Å²) in [5, 5.41) is 10.6. The van der Waals surface area contributed by atoms with Gasteiger partial charge in [-0.05, 0) is 75.6 Å². The minimum atomic E-state index is -1.17. The largest absolute Gasteiger partial charge is 0.598 e. The molecule has 2 aromatic heterocycles. The van der Waals surface area contributed by atoms with Gasteiger partial charge in [0.2, 0.25) is 0 Å². The number of halogens is 1. The van der Waals surface area contributed by atoms with Crippen LogP contribution >= 0.6 is 11.6 Å². The lowest BCUT2D eigenvalue weighted by molar-refractivity contribution is 0.175. The number of nitrogens with zero attached hydrogens (tertiary/aromatic N) is 4. The molecule has 0 bridgehead atoms. The first-order chi connectivity index (χ1) is 18.6. The molecule has 1 spiro atoms. The van der Waals surface area contributed by atoms with E-state index in [9.17, 15) is 9.66 Å². The molecule has 3 aromatic rings. The molecule has 39 heavy (non-hydrogen) atoms. The number of aryl methyl sites for hydroxylation is 2. The zero-order chi connectivity index (χ0) is 27.8. The lowest BCUT2D eigenvalue weighted by Gasteiger charge is -2.44. The molecule has 8 nitrogen and oxygen atoms in total. The summed E-state index contributed by atoms with van der Waals surface area (Å²) in [4.78, 5) is 15.7. The molecule has 10 heteroatoms. The van der Waals surface area contributed by atoms with Crippen molar-refractivity contribution in [3.63, 3.8) is 0 Å². The van der Waals surface area contributed by atoms with Crippen LogP contribution in [0.5, 0.6) is 0 Å². The summed E-state index contributed by atoms with van der Waals surface area (Å²) in [5.74, 6) is 1.06. The highest BCUT2D eigenvalue weighted by molar-refractivity contribution is 7.90. The molecule has 208 valence electrons. The third-order valence-electron chi connectivity index (χ3n) is 8.03. The topological polar surface area (TPSA) is 123 Å². The molecule has 1 saturated heterocycles. The van der Waals surface area contributed by atoms with E-state index in [0.29, 0.717) is 29.4 Å². The second kappa shape index (κ2) is 11.2. The van der Waals surface area contributed by atoms with Crippen molar-refractivity contribution < 1.29 is 9.66 Å². The number of hydrogen-bond donors (Lipinski definition) is 3. The van der Waals surface area contributed by atoms with E-state index in [4.69, 9.17) is 27.3 Å². The third-order valence-corrected chi connectivity index (χ3v) is 10.0. The van der Waals surface area contributed by atoms with Gasteiger partial charge in [0.05, 0.1) is 29.6 Å². The Hall–Kier alpha value is -2.43. The van der Waals surface area contributed by atoms with Gasteiger partial charge in [-0.2, -0.15) is 0 Å². The number of aliphatic hydroxyl groups is 1. The fraction of sp³-hybridized carbons (Fsp3) is 0.483. The van der Waals surface area contributed by atoms with Crippen molar-refractivity contribution in [1.29, 1.82) is 0 Å². The molecule has 0 radical (unpaired) electrons. The van der Waals surface area contributed by atoms with Gasteiger partial charge in [0, 0.05) is 36.1 Å². The van der Waals surface area contributed by atoms with E-state index >= 15 is 0 Å². The lowest BCUT2D eigenvalue weighted by Crippen LogP contribution is -2.50. The summed E-state index contributed by atoms with van der Waals surface area (Å²) in [6.45, 7) is 7.42. The fourth-order valence-electron chi connectivity index (χ4n) is 5.80. The van der Waals surface area contributed by atoms with E-state index in [1.54, 1.807) is 12.4 Å². The predicted molar refractivity (Wildman–Crippen MR) is 157 cm³/mol. The average molecular weight is 569 g/mol. The predicted octanol–water partition coefficient (Wildman–Crippen LogP) is 4.32. The fourth-order valence-corrected chi connectivity index (χ4v) is 6.95. The summed E-state index contributed by atoms with van der Waals surface area (Å²) in [6, 6.07) is 10.4. The minimum Gasteiger partial charge on any atom is -0.598 e. The van der Waals surface area contributed by atoms with E-state index in [2.05, 4.69) is 38.9 Å². The summed E-state index contributed by atoms with van der Waals surface area (Å²) in [5.41, 5.74) is 10.7. The van der Waals surface area contributed by atoms with Crippen LogP contribution in [0.15, 0.2) is 42.7 Å². The zero-order valence-electron chi connectivity index (χ0n) is 22.8. The molecule has 5 rings (SSSR count). The number of nitrogens with one attached hydrogen (secondary N) is 1. The normalized spacial score (nSPS) is 19.3. The summed E-state index contributed by atoms with van der Waals surface area (Å²) < 4.78 is 16.3. The first-order valence-corrected chi connectivity index (χ1v) is 15.0. The molecule has 1 aromatic carbocycles. The first kappa shape index (κ1) is 28.1. The number of benzene rings is 1. The van der Waals surface area contributed by atoms with Gasteiger partial charge < -0.3 is 20.3 Å². The van der Waals surface area contributed by atoms with Crippen LogP contribution in [0, 0.1) is 5.41 Å². The molecule has 2 unspecified atom stereocenters. The van der Waals surface area contributed by atoms with Crippen molar-refractivity contribution in [3.05, 3.63) is 75.8 Å². The highest BCUT2D eigenvalue weighted by Crippen LogP contribution is 2.53. The quantitative estimate of drug-likeness (QED) is 0.360. The van der Waals surface area contributed by atoms with Gasteiger partial charge in [-0.1, -0.05) is 35.9 Å². The second-order valence-corrected chi connectivity index (χ2v) is 14.0. The molecule has 0 amide bonds. The standard InChI is InChI=1S/C29H37ClN6O2S/c1-28(2,3)39(38)35-25-22-7-5-4-6-20(22)16-29(25)11-14-36(15-12-29)27-23(18-37)34-21(17-33-27)9-8-19-10-13-32-26(31)24(19)30/h4-7,10,13,17,25,35,37H,8-9,11-12,14-16,18H2,1-3H3,(H2,31,32). The summed E-state index contributed by atoms with van der Waals surface area (Å²) >= 11 is 5.12. The van der Waals surface area contributed by atoms with Crippen molar-refractivity contribution in [2.45, 2.75) is 70.3 Å². The average Bonchev–Trinajstić information content (AvgIpc) is 3.21. The van der Waals surface area contributed by atoms with E-state index in [1.165, 1.54) is 11.1 Å². The maximum Gasteiger partial charge on any atom is 0.152 e. The van der Waals surface area contributed by atoms with Crippen LogP contribution in [-0.4, -0.2) is 42.4 Å². The SMILES string of the molecule is CC(C)(C)[S+]([O-])NC1c2ccccc2CC12CCN(c1ncc(CCc3ccnc(N)c3Cl)nc1CO)CC2. The van der Waals surface area contributed by atoms with Crippen molar-refractivity contribution in [2.24, 2.45) is 5.41 Å². The third kappa shape index (κ3) is 5.74. The van der Waals surface area contributed by atoms with Gasteiger partial charge in [-0.3, -0.25) is 0 Å². The highest BCUT2D eigenvalue weighted by atomic mass is 35.5. The zero-order valence-corrected chi connectivity index (χ0v) is 24.4. The van der Waals surface area contributed by atoms with Gasteiger partial charge in [-0.15, -0.1) is 4.72 Å². The molecule has 2 atom stereocenters. The molecule has 4 N–H and O–H groups in total. The Balaban J connectivity index is 1.30. The van der Waals surface area contributed by atoms with Crippen molar-refractivity contribution >= 4 is 34.6 Å². The minimum absolute atomic E-state index is 0.0144. The number of piperidine rings is 1. The maximum absolute atomic E-state index is 13.2. The van der Waals surface area contributed by atoms with Crippen molar-refractivity contribution in [3.8, 4) is 0 Å².